The summed E-state index contributed by atoms with van der Waals surface area (Å²) in [5.41, 5.74) is 0.554. The van der Waals surface area contributed by atoms with Crippen LogP contribution in [0.2, 0.25) is 0 Å². The van der Waals surface area contributed by atoms with Gasteiger partial charge in [-0.15, -0.1) is 0 Å². The third-order valence-electron chi connectivity index (χ3n) is 3.63. The molecule has 0 fully saturated rings. The number of likely N-dealkylation sites (N-methyl/N-ethyl adjacent to an activating group) is 1. The number of amides is 1. The summed E-state index contributed by atoms with van der Waals surface area (Å²) in [7, 11) is 1.52. The number of halogens is 1. The number of esters is 1. The summed E-state index contributed by atoms with van der Waals surface area (Å²) in [6, 6.07) is 10.7. The summed E-state index contributed by atoms with van der Waals surface area (Å²) in [6.45, 7) is 1.59. The minimum absolute atomic E-state index is 0.100. The summed E-state index contributed by atoms with van der Waals surface area (Å²) < 4.78 is 18.3. The molecule has 2 rings (SSSR count). The van der Waals surface area contributed by atoms with Crippen molar-refractivity contribution in [2.24, 2.45) is 0 Å². The van der Waals surface area contributed by atoms with Crippen molar-refractivity contribution in [3.63, 3.8) is 0 Å². The normalized spacial score (nSPS) is 11.5. The fourth-order valence-corrected chi connectivity index (χ4v) is 2.30. The second kappa shape index (κ2) is 8.19. The number of ether oxygens (including phenoxy) is 1. The van der Waals surface area contributed by atoms with Crippen LogP contribution in [-0.2, 0) is 16.1 Å². The van der Waals surface area contributed by atoms with E-state index in [9.17, 15) is 24.1 Å². The molecule has 8 heteroatoms. The highest BCUT2D eigenvalue weighted by Crippen LogP contribution is 2.14. The molecule has 7 nitrogen and oxygen atoms in total. The number of nitro benzene ring substituents is 1. The van der Waals surface area contributed by atoms with E-state index in [1.54, 1.807) is 12.1 Å². The number of hydrogen-bond donors (Lipinski definition) is 0. The van der Waals surface area contributed by atoms with Gasteiger partial charge in [0.1, 0.15) is 5.82 Å². The van der Waals surface area contributed by atoms with Crippen LogP contribution in [-0.4, -0.2) is 34.9 Å². The van der Waals surface area contributed by atoms with Gasteiger partial charge in [0.25, 0.3) is 11.6 Å². The maximum absolute atomic E-state index is 13.2. The summed E-state index contributed by atoms with van der Waals surface area (Å²) in [5, 5.41) is 10.6. The lowest BCUT2D eigenvalue weighted by molar-refractivity contribution is -0.384. The first-order valence-corrected chi connectivity index (χ1v) is 7.73. The van der Waals surface area contributed by atoms with Gasteiger partial charge in [-0.2, -0.15) is 0 Å². The van der Waals surface area contributed by atoms with Gasteiger partial charge in [0.05, 0.1) is 10.5 Å². The predicted octanol–water partition coefficient (Wildman–Crippen LogP) is 2.94. The first-order valence-electron chi connectivity index (χ1n) is 7.73. The monoisotopic (exact) mass is 360 g/mol. The van der Waals surface area contributed by atoms with Crippen LogP contribution in [0.3, 0.4) is 0 Å². The van der Waals surface area contributed by atoms with Crippen LogP contribution in [0.15, 0.2) is 48.5 Å². The molecule has 0 aliphatic rings. The van der Waals surface area contributed by atoms with E-state index in [4.69, 9.17) is 4.74 Å². The molecule has 2 aromatic carbocycles. The van der Waals surface area contributed by atoms with E-state index in [2.05, 4.69) is 0 Å². The standard InChI is InChI=1S/C18H17FN2O5/c1-12(17(22)20(2)11-13-4-3-5-15(19)10-13)26-18(23)14-6-8-16(9-7-14)21(24)25/h3-10,12H,11H2,1-2H3. The number of carbonyl (C=O) groups excluding carboxylic acids is 2. The quantitative estimate of drug-likeness (QED) is 0.449. The number of carbonyl (C=O) groups is 2. The molecule has 26 heavy (non-hydrogen) atoms. The van der Waals surface area contributed by atoms with Gasteiger partial charge in [-0.25, -0.2) is 9.18 Å². The lowest BCUT2D eigenvalue weighted by Gasteiger charge is -2.21. The number of nitro groups is 1. The Balaban J connectivity index is 1.96. The molecule has 0 bridgehead atoms. The van der Waals surface area contributed by atoms with E-state index in [0.29, 0.717) is 5.56 Å². The van der Waals surface area contributed by atoms with Crippen LogP contribution in [0.4, 0.5) is 10.1 Å². The van der Waals surface area contributed by atoms with E-state index >= 15 is 0 Å². The van der Waals surface area contributed by atoms with Gasteiger partial charge in [0.15, 0.2) is 6.10 Å². The van der Waals surface area contributed by atoms with Crippen molar-refractivity contribution in [3.05, 3.63) is 75.6 Å². The lowest BCUT2D eigenvalue weighted by atomic mass is 10.2. The molecule has 1 unspecified atom stereocenters. The van der Waals surface area contributed by atoms with Gasteiger partial charge >= 0.3 is 5.97 Å². The van der Waals surface area contributed by atoms with E-state index in [1.807, 2.05) is 0 Å². The summed E-state index contributed by atoms with van der Waals surface area (Å²) >= 11 is 0. The average Bonchev–Trinajstić information content (AvgIpc) is 2.61. The zero-order chi connectivity index (χ0) is 19.3. The molecule has 1 amide bonds. The van der Waals surface area contributed by atoms with Gasteiger partial charge in [0, 0.05) is 25.7 Å². The van der Waals surface area contributed by atoms with Crippen molar-refractivity contribution < 1.29 is 23.6 Å². The van der Waals surface area contributed by atoms with Crippen molar-refractivity contribution in [1.29, 1.82) is 0 Å². The Bertz CT molecular complexity index is 823. The van der Waals surface area contributed by atoms with E-state index in [0.717, 1.165) is 0 Å². The molecule has 136 valence electrons. The third kappa shape index (κ3) is 4.85. The summed E-state index contributed by atoms with van der Waals surface area (Å²) in [4.78, 5) is 35.7. The van der Waals surface area contributed by atoms with E-state index < -0.39 is 28.7 Å². The molecular weight excluding hydrogens is 343 g/mol. The van der Waals surface area contributed by atoms with Crippen molar-refractivity contribution in [1.82, 2.24) is 4.90 Å². The number of nitrogens with zero attached hydrogens (tertiary/aromatic N) is 2. The lowest BCUT2D eigenvalue weighted by Crippen LogP contribution is -2.37. The Labute approximate surface area is 149 Å². The van der Waals surface area contributed by atoms with Crippen LogP contribution < -0.4 is 0 Å². The second-order valence-electron chi connectivity index (χ2n) is 5.68. The number of rotatable bonds is 6. The Morgan fingerprint density at radius 1 is 1.23 bits per heavy atom. The maximum atomic E-state index is 13.2. The molecule has 0 aliphatic carbocycles. The molecule has 0 aliphatic heterocycles. The molecule has 0 heterocycles. The molecule has 0 saturated carbocycles. The average molecular weight is 360 g/mol. The Kier molecular flexibility index (Phi) is 6.00. The molecule has 0 aromatic heterocycles. The number of non-ortho nitro benzene ring substituents is 1. The Hall–Kier alpha value is -3.29. The van der Waals surface area contributed by atoms with E-state index in [-0.39, 0.29) is 17.8 Å². The number of benzene rings is 2. The third-order valence-corrected chi connectivity index (χ3v) is 3.63. The topological polar surface area (TPSA) is 89.7 Å². The van der Waals surface area contributed by atoms with Crippen molar-refractivity contribution in [3.8, 4) is 0 Å². The molecule has 0 spiro atoms. The van der Waals surface area contributed by atoms with Crippen molar-refractivity contribution in [2.45, 2.75) is 19.6 Å². The fourth-order valence-electron chi connectivity index (χ4n) is 2.30. The molecule has 1 atom stereocenters. The zero-order valence-corrected chi connectivity index (χ0v) is 14.2. The molecule has 0 saturated heterocycles. The van der Waals surface area contributed by atoms with Crippen LogP contribution >= 0.6 is 0 Å². The van der Waals surface area contributed by atoms with Gasteiger partial charge in [-0.1, -0.05) is 12.1 Å². The fraction of sp³-hybridized carbons (Fsp3) is 0.222. The molecular formula is C18H17FN2O5. The maximum Gasteiger partial charge on any atom is 0.338 e. The SMILES string of the molecule is CC(OC(=O)c1ccc([N+](=O)[O-])cc1)C(=O)N(C)Cc1cccc(F)c1. The second-order valence-corrected chi connectivity index (χ2v) is 5.68. The van der Waals surface area contributed by atoms with Gasteiger partial charge in [-0.3, -0.25) is 14.9 Å². The highest BCUT2D eigenvalue weighted by Gasteiger charge is 2.22. The molecule has 0 N–H and O–H groups in total. The van der Waals surface area contributed by atoms with Gasteiger partial charge in [-0.05, 0) is 36.8 Å². The van der Waals surface area contributed by atoms with Crippen LogP contribution in [0, 0.1) is 15.9 Å². The Morgan fingerprint density at radius 3 is 2.46 bits per heavy atom. The minimum atomic E-state index is -1.06. The first-order chi connectivity index (χ1) is 12.3. The summed E-state index contributed by atoms with van der Waals surface area (Å²) in [5.74, 6) is -1.62. The highest BCUT2D eigenvalue weighted by molar-refractivity contribution is 5.92. The van der Waals surface area contributed by atoms with E-state index in [1.165, 1.54) is 55.3 Å². The van der Waals surface area contributed by atoms with Crippen molar-refractivity contribution in [2.75, 3.05) is 7.05 Å². The smallest absolute Gasteiger partial charge is 0.338 e. The van der Waals surface area contributed by atoms with Crippen LogP contribution in [0.5, 0.6) is 0 Å². The zero-order valence-electron chi connectivity index (χ0n) is 14.2. The first kappa shape index (κ1) is 19.0. The highest BCUT2D eigenvalue weighted by atomic mass is 19.1. The van der Waals surface area contributed by atoms with Gasteiger partial charge < -0.3 is 9.64 Å². The molecule has 0 radical (unpaired) electrons. The number of hydrogen-bond acceptors (Lipinski definition) is 5. The van der Waals surface area contributed by atoms with Crippen molar-refractivity contribution >= 4 is 17.6 Å². The Morgan fingerprint density at radius 2 is 1.88 bits per heavy atom. The van der Waals surface area contributed by atoms with Crippen LogP contribution in [0.1, 0.15) is 22.8 Å². The van der Waals surface area contributed by atoms with Crippen LogP contribution in [0.25, 0.3) is 0 Å². The predicted molar refractivity (Wildman–Crippen MR) is 90.8 cm³/mol. The molecule has 2 aromatic rings. The summed E-state index contributed by atoms with van der Waals surface area (Å²) in [6.07, 6.45) is -1.06. The largest absolute Gasteiger partial charge is 0.449 e. The van der Waals surface area contributed by atoms with Gasteiger partial charge in [0.2, 0.25) is 0 Å². The minimum Gasteiger partial charge on any atom is -0.449 e.